The lowest BCUT2D eigenvalue weighted by molar-refractivity contribution is -0.161. The number of hydrogen-bond donors (Lipinski definition) is 0. The summed E-state index contributed by atoms with van der Waals surface area (Å²) in [6, 6.07) is 5.12. The van der Waals surface area contributed by atoms with Gasteiger partial charge in [0.05, 0.1) is 16.5 Å². The second-order valence-corrected chi connectivity index (χ2v) is 15.5. The number of rotatable bonds is 6. The molecule has 7 nitrogen and oxygen atoms in total. The minimum Gasteiger partial charge on any atom is -0.460 e. The normalized spacial score (nSPS) is 22.8. The Kier molecular flexibility index (Phi) is 9.44. The minimum atomic E-state index is -0.705. The van der Waals surface area contributed by atoms with Crippen LogP contribution in [0.15, 0.2) is 34.0 Å². The largest absolute Gasteiger partial charge is 0.460 e. The number of thioether (sulfide) groups is 1. The molecular weight excluding hydrogens is 630 g/mol. The number of ether oxygens (including phenoxy) is 1. The number of piperidine rings is 2. The van der Waals surface area contributed by atoms with Crippen molar-refractivity contribution in [1.29, 1.82) is 0 Å². The van der Waals surface area contributed by atoms with Crippen molar-refractivity contribution in [2.75, 3.05) is 36.8 Å². The van der Waals surface area contributed by atoms with Gasteiger partial charge >= 0.3 is 11.7 Å². The second-order valence-electron chi connectivity index (χ2n) is 14.0. The molecule has 11 heteroatoms. The molecular formula is C35H43ClF2N4O3S. The fourth-order valence-electron chi connectivity index (χ4n) is 7.40. The van der Waals surface area contributed by atoms with Crippen LogP contribution in [-0.2, 0) is 9.53 Å². The van der Waals surface area contributed by atoms with Crippen LogP contribution in [-0.4, -0.2) is 64.0 Å². The van der Waals surface area contributed by atoms with Gasteiger partial charge in [-0.1, -0.05) is 18.5 Å². The minimum absolute atomic E-state index is 0.0744. The zero-order valence-corrected chi connectivity index (χ0v) is 28.8. The standard InChI is InChI=1S/C35H43ClF2N4O3S/c1-6-40-12-9-21(10-13-40)16-24-19-46-31-29(25-8-7-23(37)17-28(25)38)27(36)18-26-30(31)42(24)34(44)39-32(26)41-14-11-22(15-20(41)2)33(43)45-35(3,4)5/h7-8,17-18,20-22,24H,6,9-16,19H2,1-5H3/t20-,22?,24-/m0/s1. The van der Waals surface area contributed by atoms with E-state index in [9.17, 15) is 14.0 Å². The van der Waals surface area contributed by atoms with Gasteiger partial charge in [-0.15, -0.1) is 11.8 Å². The molecule has 248 valence electrons. The zero-order chi connectivity index (χ0) is 32.9. The van der Waals surface area contributed by atoms with Crippen molar-refractivity contribution >= 4 is 46.1 Å². The highest BCUT2D eigenvalue weighted by Gasteiger charge is 2.37. The van der Waals surface area contributed by atoms with Crippen LogP contribution in [0.5, 0.6) is 0 Å². The molecule has 2 aromatic carbocycles. The summed E-state index contributed by atoms with van der Waals surface area (Å²) in [6.07, 6.45) is 4.16. The molecule has 0 bridgehead atoms. The molecule has 2 fully saturated rings. The van der Waals surface area contributed by atoms with Crippen molar-refractivity contribution in [2.24, 2.45) is 11.8 Å². The first-order chi connectivity index (χ1) is 21.8. The average Bonchev–Trinajstić information content (AvgIpc) is 2.99. The van der Waals surface area contributed by atoms with E-state index in [2.05, 4.69) is 16.7 Å². The number of nitrogens with zero attached hydrogens (tertiary/aromatic N) is 4. The fraction of sp³-hybridized carbons (Fsp3) is 0.571. The summed E-state index contributed by atoms with van der Waals surface area (Å²) < 4.78 is 36.7. The molecule has 3 aliphatic rings. The number of hydrogen-bond acceptors (Lipinski definition) is 7. The van der Waals surface area contributed by atoms with Gasteiger partial charge in [-0.3, -0.25) is 9.36 Å². The molecule has 46 heavy (non-hydrogen) atoms. The Morgan fingerprint density at radius 2 is 1.87 bits per heavy atom. The van der Waals surface area contributed by atoms with Gasteiger partial charge in [0.25, 0.3) is 0 Å². The Morgan fingerprint density at radius 1 is 1.13 bits per heavy atom. The van der Waals surface area contributed by atoms with Crippen molar-refractivity contribution in [2.45, 2.75) is 89.3 Å². The Balaban J connectivity index is 1.44. The Labute approximate surface area is 278 Å². The maximum atomic E-state index is 15.3. The molecule has 2 saturated heterocycles. The van der Waals surface area contributed by atoms with Crippen LogP contribution in [0.1, 0.15) is 72.8 Å². The smallest absolute Gasteiger partial charge is 0.350 e. The predicted octanol–water partition coefficient (Wildman–Crippen LogP) is 7.71. The van der Waals surface area contributed by atoms with Crippen molar-refractivity contribution in [3.8, 4) is 11.1 Å². The molecule has 0 amide bonds. The van der Waals surface area contributed by atoms with Crippen LogP contribution in [0.4, 0.5) is 14.6 Å². The third kappa shape index (κ3) is 6.54. The number of carbonyl (C=O) groups is 1. The molecule has 0 spiro atoms. The maximum Gasteiger partial charge on any atom is 0.350 e. The SMILES string of the molecule is CCN1CCC(C[C@H]2CSc3c(-c4ccc(F)cc4F)c(Cl)cc4c(N5CCC(C(=O)OC(C)(C)C)C[C@@H]5C)nc(=O)n2c34)CC1. The van der Waals surface area contributed by atoms with E-state index < -0.39 is 17.2 Å². The number of esters is 1. The van der Waals surface area contributed by atoms with Gasteiger partial charge in [-0.25, -0.2) is 13.6 Å². The summed E-state index contributed by atoms with van der Waals surface area (Å²) in [5.74, 6) is -0.179. The van der Waals surface area contributed by atoms with Gasteiger partial charge in [0.2, 0.25) is 0 Å². The highest BCUT2D eigenvalue weighted by molar-refractivity contribution is 7.99. The highest BCUT2D eigenvalue weighted by Crippen LogP contribution is 2.49. The van der Waals surface area contributed by atoms with Crippen LogP contribution in [0.2, 0.25) is 5.02 Å². The van der Waals surface area contributed by atoms with E-state index in [1.807, 2.05) is 32.3 Å². The van der Waals surface area contributed by atoms with E-state index in [0.717, 1.165) is 50.3 Å². The molecule has 0 saturated carbocycles. The van der Waals surface area contributed by atoms with Crippen molar-refractivity contribution < 1.29 is 18.3 Å². The lowest BCUT2D eigenvalue weighted by Gasteiger charge is -2.40. The fourth-order valence-corrected chi connectivity index (χ4v) is 9.12. The lowest BCUT2D eigenvalue weighted by Crippen LogP contribution is -2.45. The number of aromatic nitrogens is 2. The molecule has 4 heterocycles. The molecule has 6 rings (SSSR count). The summed E-state index contributed by atoms with van der Waals surface area (Å²) in [5, 5.41) is 1.04. The van der Waals surface area contributed by atoms with Crippen molar-refractivity contribution in [1.82, 2.24) is 14.5 Å². The quantitative estimate of drug-likeness (QED) is 0.249. The van der Waals surface area contributed by atoms with Gasteiger partial charge in [-0.05, 0) is 104 Å². The monoisotopic (exact) mass is 672 g/mol. The van der Waals surface area contributed by atoms with Crippen LogP contribution in [0, 0.1) is 23.5 Å². The van der Waals surface area contributed by atoms with Crippen LogP contribution in [0.3, 0.4) is 0 Å². The van der Waals surface area contributed by atoms with E-state index in [-0.39, 0.29) is 35.2 Å². The molecule has 0 radical (unpaired) electrons. The number of anilines is 1. The molecule has 1 aromatic heterocycles. The Bertz CT molecular complexity index is 1700. The average molecular weight is 673 g/mol. The van der Waals surface area contributed by atoms with Crippen LogP contribution < -0.4 is 10.6 Å². The number of carbonyl (C=O) groups excluding carboxylic acids is 1. The summed E-state index contributed by atoms with van der Waals surface area (Å²) in [7, 11) is 0. The number of likely N-dealkylation sites (tertiary alicyclic amines) is 1. The topological polar surface area (TPSA) is 67.7 Å². The summed E-state index contributed by atoms with van der Waals surface area (Å²) >= 11 is 8.55. The van der Waals surface area contributed by atoms with Crippen LogP contribution in [0.25, 0.3) is 22.0 Å². The lowest BCUT2D eigenvalue weighted by atomic mass is 9.90. The molecule has 3 atom stereocenters. The third-order valence-corrected chi connectivity index (χ3v) is 11.3. The van der Waals surface area contributed by atoms with Crippen LogP contribution >= 0.6 is 23.4 Å². The van der Waals surface area contributed by atoms with Crippen molar-refractivity contribution in [3.05, 3.63) is 51.4 Å². The molecule has 0 aliphatic carbocycles. The number of halogens is 3. The first-order valence-corrected chi connectivity index (χ1v) is 17.8. The number of benzene rings is 2. The summed E-state index contributed by atoms with van der Waals surface area (Å²) in [5.41, 5.74) is 0.462. The molecule has 0 N–H and O–H groups in total. The van der Waals surface area contributed by atoms with Gasteiger partial charge in [-0.2, -0.15) is 4.98 Å². The zero-order valence-electron chi connectivity index (χ0n) is 27.2. The van der Waals surface area contributed by atoms with Crippen molar-refractivity contribution in [3.63, 3.8) is 0 Å². The van der Waals surface area contributed by atoms with E-state index in [1.165, 1.54) is 12.1 Å². The predicted molar refractivity (Wildman–Crippen MR) is 181 cm³/mol. The summed E-state index contributed by atoms with van der Waals surface area (Å²) in [4.78, 5) is 37.0. The molecule has 3 aliphatic heterocycles. The summed E-state index contributed by atoms with van der Waals surface area (Å²) in [6.45, 7) is 13.5. The first-order valence-electron chi connectivity index (χ1n) is 16.4. The van der Waals surface area contributed by atoms with E-state index >= 15 is 4.39 Å². The highest BCUT2D eigenvalue weighted by atomic mass is 35.5. The third-order valence-electron chi connectivity index (χ3n) is 9.73. The Hall–Kier alpha value is -2.69. The van der Waals surface area contributed by atoms with Gasteiger partial charge in [0.15, 0.2) is 0 Å². The van der Waals surface area contributed by atoms with E-state index in [0.29, 0.717) is 57.9 Å². The van der Waals surface area contributed by atoms with E-state index in [4.69, 9.17) is 21.3 Å². The second kappa shape index (κ2) is 13.1. The van der Waals surface area contributed by atoms with E-state index in [1.54, 1.807) is 17.8 Å². The molecule has 3 aromatic rings. The Morgan fingerprint density at radius 3 is 2.52 bits per heavy atom. The first kappa shape index (κ1) is 33.2. The van der Waals surface area contributed by atoms with Gasteiger partial charge < -0.3 is 14.5 Å². The van der Waals surface area contributed by atoms with Gasteiger partial charge in [0, 0.05) is 51.9 Å². The van der Waals surface area contributed by atoms with Gasteiger partial charge in [0.1, 0.15) is 23.1 Å². The molecule has 1 unspecified atom stereocenters. The maximum absolute atomic E-state index is 15.3.